The van der Waals surface area contributed by atoms with Crippen LogP contribution < -0.4 is 0 Å². The van der Waals surface area contributed by atoms with Crippen molar-refractivity contribution in [3.8, 4) is 0 Å². The minimum absolute atomic E-state index is 0.197. The Bertz CT molecular complexity index is 462. The van der Waals surface area contributed by atoms with E-state index in [-0.39, 0.29) is 6.10 Å². The molecule has 9 nitrogen and oxygen atoms in total. The topological polar surface area (TPSA) is 113 Å². The number of nitroso groups, excluding NO2 is 2. The van der Waals surface area contributed by atoms with Gasteiger partial charge >= 0.3 is 7.52 Å². The summed E-state index contributed by atoms with van der Waals surface area (Å²) < 4.78 is 32.2. The average molecular weight is 346 g/mol. The molecule has 0 bridgehead atoms. The Morgan fingerprint density at radius 3 is 2.55 bits per heavy atom. The Hall–Kier alpha value is -0.0800. The molecule has 116 valence electrons. The summed E-state index contributed by atoms with van der Waals surface area (Å²) >= 11 is 4.93. The van der Waals surface area contributed by atoms with Gasteiger partial charge in [0.2, 0.25) is 6.42 Å². The molecule has 1 aliphatic rings. The normalized spacial score (nSPS) is 32.2. The molecule has 0 aliphatic carbocycles. The zero-order chi connectivity index (χ0) is 15.4. The molecule has 1 heterocycles. The van der Waals surface area contributed by atoms with Gasteiger partial charge in [-0.3, -0.25) is 4.57 Å². The summed E-state index contributed by atoms with van der Waals surface area (Å²) in [5, 5.41) is 0. The number of hydrogen-bond donors (Lipinski definition) is 0. The summed E-state index contributed by atoms with van der Waals surface area (Å²) in [7, 11) is -2.63. The number of rotatable bonds is 8. The fourth-order valence-corrected chi connectivity index (χ4v) is 3.21. The maximum atomic E-state index is 11.6. The van der Waals surface area contributed by atoms with Gasteiger partial charge in [-0.25, -0.2) is 0 Å². The SMILES string of the molecule is COP(=O)(COC1OC(C)C[C@@H]1OP(C)(=S)N=O)N=O. The minimum atomic E-state index is -3.73. The quantitative estimate of drug-likeness (QED) is 0.487. The highest BCUT2D eigenvalue weighted by Crippen LogP contribution is 2.50. The van der Waals surface area contributed by atoms with Crippen LogP contribution in [0.2, 0.25) is 0 Å². The van der Waals surface area contributed by atoms with Crippen LogP contribution in [0.25, 0.3) is 0 Å². The zero-order valence-electron chi connectivity index (χ0n) is 11.2. The first-order valence-corrected chi connectivity index (χ1v) is 10.5. The van der Waals surface area contributed by atoms with Crippen molar-refractivity contribution in [2.75, 3.05) is 20.1 Å². The highest BCUT2D eigenvalue weighted by molar-refractivity contribution is 8.11. The van der Waals surface area contributed by atoms with E-state index >= 15 is 0 Å². The molecule has 5 atom stereocenters. The van der Waals surface area contributed by atoms with E-state index in [0.717, 1.165) is 7.11 Å². The van der Waals surface area contributed by atoms with Crippen molar-refractivity contribution in [1.82, 2.24) is 0 Å². The second kappa shape index (κ2) is 7.26. The van der Waals surface area contributed by atoms with E-state index in [2.05, 4.69) is 14.4 Å². The summed E-state index contributed by atoms with van der Waals surface area (Å²) in [6.45, 7) is 3.21. The number of hydrogen-bond acceptors (Lipinski definition) is 8. The Kier molecular flexibility index (Phi) is 6.53. The van der Waals surface area contributed by atoms with Crippen molar-refractivity contribution in [2.24, 2.45) is 9.89 Å². The molecule has 1 saturated heterocycles. The Morgan fingerprint density at radius 1 is 1.40 bits per heavy atom. The van der Waals surface area contributed by atoms with Gasteiger partial charge < -0.3 is 18.5 Å². The van der Waals surface area contributed by atoms with Gasteiger partial charge in [-0.1, -0.05) is 0 Å². The summed E-state index contributed by atoms with van der Waals surface area (Å²) in [5.74, 6) is 0. The molecule has 1 fully saturated rings. The molecule has 0 amide bonds. The molecule has 0 aromatic carbocycles. The van der Waals surface area contributed by atoms with E-state index in [4.69, 9.17) is 25.8 Å². The Labute approximate surface area is 121 Å². The summed E-state index contributed by atoms with van der Waals surface area (Å²) in [4.78, 5) is 26.2. The Morgan fingerprint density at radius 2 is 2.05 bits per heavy atom. The van der Waals surface area contributed by atoms with Crippen LogP contribution in [0.1, 0.15) is 13.3 Å². The Balaban J connectivity index is 2.67. The van der Waals surface area contributed by atoms with Crippen molar-refractivity contribution in [1.29, 1.82) is 0 Å². The number of ether oxygens (including phenoxy) is 2. The van der Waals surface area contributed by atoms with Crippen LogP contribution in [0.4, 0.5) is 0 Å². The minimum Gasteiger partial charge on any atom is -0.347 e. The van der Waals surface area contributed by atoms with Crippen LogP contribution >= 0.6 is 13.9 Å². The lowest BCUT2D eigenvalue weighted by Gasteiger charge is -2.22. The second-order valence-electron chi connectivity index (χ2n) is 4.28. The van der Waals surface area contributed by atoms with E-state index in [9.17, 15) is 14.4 Å². The molecule has 0 N–H and O–H groups in total. The van der Waals surface area contributed by atoms with Gasteiger partial charge in [0, 0.05) is 25.1 Å². The van der Waals surface area contributed by atoms with E-state index in [1.54, 1.807) is 6.92 Å². The third kappa shape index (κ3) is 5.04. The van der Waals surface area contributed by atoms with Crippen LogP contribution in [0.5, 0.6) is 0 Å². The molecule has 12 heteroatoms. The first-order valence-electron chi connectivity index (χ1n) is 5.63. The monoisotopic (exact) mass is 346 g/mol. The largest absolute Gasteiger partial charge is 0.377 e. The molecule has 4 unspecified atom stereocenters. The maximum absolute atomic E-state index is 11.6. The van der Waals surface area contributed by atoms with Crippen LogP contribution in [-0.2, 0) is 34.9 Å². The molecular weight excluding hydrogens is 330 g/mol. The van der Waals surface area contributed by atoms with Gasteiger partial charge in [0.05, 0.1) is 6.10 Å². The summed E-state index contributed by atoms with van der Waals surface area (Å²) in [6, 6.07) is 0. The van der Waals surface area contributed by atoms with Crippen LogP contribution in [0.3, 0.4) is 0 Å². The van der Waals surface area contributed by atoms with E-state index in [0.29, 0.717) is 6.42 Å². The van der Waals surface area contributed by atoms with Gasteiger partial charge in [0.1, 0.15) is 12.5 Å². The van der Waals surface area contributed by atoms with Crippen molar-refractivity contribution in [2.45, 2.75) is 31.8 Å². The fraction of sp³-hybridized carbons (Fsp3) is 1.00. The molecule has 20 heavy (non-hydrogen) atoms. The van der Waals surface area contributed by atoms with Crippen molar-refractivity contribution in [3.05, 3.63) is 9.81 Å². The van der Waals surface area contributed by atoms with Gasteiger partial charge in [0.25, 0.3) is 0 Å². The predicted octanol–water partition coefficient (Wildman–Crippen LogP) is 2.79. The van der Waals surface area contributed by atoms with Crippen molar-refractivity contribution >= 4 is 25.7 Å². The second-order valence-corrected chi connectivity index (χ2v) is 10.4. The van der Waals surface area contributed by atoms with Gasteiger partial charge in [0.15, 0.2) is 6.29 Å². The van der Waals surface area contributed by atoms with Crippen molar-refractivity contribution < 1.29 is 23.1 Å². The zero-order valence-corrected chi connectivity index (χ0v) is 13.8. The molecule has 0 aromatic rings. The fourth-order valence-electron chi connectivity index (χ4n) is 1.60. The van der Waals surface area contributed by atoms with Gasteiger partial charge in [-0.15, -0.1) is 9.81 Å². The average Bonchev–Trinajstić information content (AvgIpc) is 2.75. The maximum Gasteiger partial charge on any atom is 0.377 e. The lowest BCUT2D eigenvalue weighted by molar-refractivity contribution is -0.146. The molecule has 0 saturated carbocycles. The molecule has 1 rings (SSSR count). The summed E-state index contributed by atoms with van der Waals surface area (Å²) in [5.41, 5.74) is 0. The van der Waals surface area contributed by atoms with Gasteiger partial charge in [-0.2, -0.15) is 0 Å². The summed E-state index contributed by atoms with van der Waals surface area (Å²) in [6.07, 6.45) is -4.62. The highest BCUT2D eigenvalue weighted by atomic mass is 32.4. The lowest BCUT2D eigenvalue weighted by atomic mass is 10.2. The third-order valence-corrected chi connectivity index (χ3v) is 5.24. The standard InChI is InChI=1S/C8H16N2O7P2S/c1-6-4-7(17-18(3,20)9-11)8(16-6)15-5-19(13,10-12)14-2/h6-8H,4-5H2,1-3H3/t6?,7-,8?,18?,19?/m0/s1. The first-order chi connectivity index (χ1) is 9.25. The number of nitrogens with zero attached hydrogens (tertiary/aromatic N) is 2. The smallest absolute Gasteiger partial charge is 0.347 e. The molecule has 0 spiro atoms. The third-order valence-electron chi connectivity index (χ3n) is 2.53. The molecule has 1 aliphatic heterocycles. The van der Waals surface area contributed by atoms with Crippen LogP contribution in [-0.4, -0.2) is 38.6 Å². The molecular formula is C8H16N2O7P2S. The predicted molar refractivity (Wildman–Crippen MR) is 76.2 cm³/mol. The van der Waals surface area contributed by atoms with Crippen LogP contribution in [0.15, 0.2) is 9.89 Å². The molecule has 0 radical (unpaired) electrons. The molecule has 0 aromatic heterocycles. The first kappa shape index (κ1) is 18.0. The van der Waals surface area contributed by atoms with Crippen molar-refractivity contribution in [3.63, 3.8) is 0 Å². The lowest BCUT2D eigenvalue weighted by Crippen LogP contribution is -2.26. The van der Waals surface area contributed by atoms with E-state index in [1.807, 2.05) is 0 Å². The van der Waals surface area contributed by atoms with E-state index < -0.39 is 32.7 Å². The van der Waals surface area contributed by atoms with Crippen LogP contribution in [0, 0.1) is 9.81 Å². The van der Waals surface area contributed by atoms with E-state index in [1.165, 1.54) is 6.66 Å². The highest BCUT2D eigenvalue weighted by Gasteiger charge is 2.39. The van der Waals surface area contributed by atoms with Gasteiger partial charge in [-0.05, 0) is 23.7 Å².